The maximum absolute atomic E-state index is 13.0. The summed E-state index contributed by atoms with van der Waals surface area (Å²) in [7, 11) is 0. The van der Waals surface area contributed by atoms with E-state index in [0.29, 0.717) is 10.5 Å². The number of hydrogen-bond acceptors (Lipinski definition) is 5. The van der Waals surface area contributed by atoms with Crippen LogP contribution in [0.4, 0.5) is 4.39 Å². The molecule has 0 amide bonds. The highest BCUT2D eigenvalue weighted by Crippen LogP contribution is 2.31. The SMILES string of the molecule is CC(=O)c1cc(F)ccc1Sc1nncs1. The lowest BCUT2D eigenvalue weighted by Gasteiger charge is -2.03. The van der Waals surface area contributed by atoms with Crippen LogP contribution >= 0.6 is 23.1 Å². The van der Waals surface area contributed by atoms with Crippen molar-refractivity contribution in [3.63, 3.8) is 0 Å². The third-order valence-electron chi connectivity index (χ3n) is 1.86. The van der Waals surface area contributed by atoms with Gasteiger partial charge in [-0.3, -0.25) is 4.79 Å². The van der Waals surface area contributed by atoms with E-state index in [1.807, 2.05) is 0 Å². The van der Waals surface area contributed by atoms with E-state index in [-0.39, 0.29) is 5.78 Å². The van der Waals surface area contributed by atoms with E-state index in [2.05, 4.69) is 10.2 Å². The van der Waals surface area contributed by atoms with Crippen LogP contribution in [0.5, 0.6) is 0 Å². The zero-order valence-electron chi connectivity index (χ0n) is 8.31. The van der Waals surface area contributed by atoms with Crippen LogP contribution in [0.3, 0.4) is 0 Å². The van der Waals surface area contributed by atoms with Crippen molar-refractivity contribution in [3.8, 4) is 0 Å². The number of nitrogens with zero attached hydrogens (tertiary/aromatic N) is 2. The highest BCUT2D eigenvalue weighted by molar-refractivity contribution is 8.01. The van der Waals surface area contributed by atoms with Crippen molar-refractivity contribution in [1.29, 1.82) is 0 Å². The molecule has 0 saturated heterocycles. The van der Waals surface area contributed by atoms with Crippen molar-refractivity contribution in [1.82, 2.24) is 10.2 Å². The molecule has 3 nitrogen and oxygen atoms in total. The summed E-state index contributed by atoms with van der Waals surface area (Å²) in [6.07, 6.45) is 0. The van der Waals surface area contributed by atoms with Crippen molar-refractivity contribution < 1.29 is 9.18 Å². The highest BCUT2D eigenvalue weighted by atomic mass is 32.2. The number of hydrogen-bond donors (Lipinski definition) is 0. The van der Waals surface area contributed by atoms with Gasteiger partial charge in [0.1, 0.15) is 11.3 Å². The van der Waals surface area contributed by atoms with Gasteiger partial charge in [0.15, 0.2) is 10.1 Å². The Morgan fingerprint density at radius 2 is 2.31 bits per heavy atom. The number of halogens is 1. The van der Waals surface area contributed by atoms with Crippen molar-refractivity contribution in [2.75, 3.05) is 0 Å². The summed E-state index contributed by atoms with van der Waals surface area (Å²) in [5, 5.41) is 7.56. The summed E-state index contributed by atoms with van der Waals surface area (Å²) in [6.45, 7) is 1.42. The molecular formula is C10H7FN2OS2. The Labute approximate surface area is 99.7 Å². The number of aromatic nitrogens is 2. The predicted octanol–water partition coefficient (Wildman–Crippen LogP) is 3.03. The third kappa shape index (κ3) is 2.45. The molecule has 0 aliphatic carbocycles. The molecule has 0 unspecified atom stereocenters. The number of Topliss-reactive ketones (excluding diaryl/α,β-unsaturated/α-hetero) is 1. The van der Waals surface area contributed by atoms with E-state index in [4.69, 9.17) is 0 Å². The molecule has 0 saturated carbocycles. The Balaban J connectivity index is 2.36. The van der Waals surface area contributed by atoms with Gasteiger partial charge in [-0.2, -0.15) is 0 Å². The average molecular weight is 254 g/mol. The lowest BCUT2D eigenvalue weighted by atomic mass is 10.1. The first-order valence-electron chi connectivity index (χ1n) is 4.41. The Bertz CT molecular complexity index is 514. The first kappa shape index (κ1) is 11.2. The number of ketones is 1. The molecule has 0 bridgehead atoms. The lowest BCUT2D eigenvalue weighted by Crippen LogP contribution is -1.96. The summed E-state index contributed by atoms with van der Waals surface area (Å²) in [5.41, 5.74) is 1.99. The van der Waals surface area contributed by atoms with Gasteiger partial charge in [-0.15, -0.1) is 10.2 Å². The van der Waals surface area contributed by atoms with Gasteiger partial charge < -0.3 is 0 Å². The molecule has 2 aromatic rings. The monoisotopic (exact) mass is 254 g/mol. The second-order valence-electron chi connectivity index (χ2n) is 3.00. The smallest absolute Gasteiger partial charge is 0.178 e. The Kier molecular flexibility index (Phi) is 3.31. The van der Waals surface area contributed by atoms with Crippen LogP contribution in [0, 0.1) is 5.82 Å². The second-order valence-corrected chi connectivity index (χ2v) is 5.13. The fraction of sp³-hybridized carbons (Fsp3) is 0.100. The molecule has 82 valence electrons. The van der Waals surface area contributed by atoms with Gasteiger partial charge in [-0.05, 0) is 25.1 Å². The van der Waals surface area contributed by atoms with Gasteiger partial charge in [0, 0.05) is 10.5 Å². The fourth-order valence-electron chi connectivity index (χ4n) is 1.17. The molecule has 0 atom stereocenters. The lowest BCUT2D eigenvalue weighted by molar-refractivity contribution is 0.101. The Hall–Kier alpha value is -1.27. The first-order valence-corrected chi connectivity index (χ1v) is 6.11. The summed E-state index contributed by atoms with van der Waals surface area (Å²) >= 11 is 2.69. The number of rotatable bonds is 3. The maximum Gasteiger partial charge on any atom is 0.178 e. The van der Waals surface area contributed by atoms with Crippen molar-refractivity contribution in [2.24, 2.45) is 0 Å². The number of carbonyl (C=O) groups excluding carboxylic acids is 1. The van der Waals surface area contributed by atoms with Crippen LogP contribution in [0.15, 0.2) is 32.9 Å². The summed E-state index contributed by atoms with van der Waals surface area (Å²) < 4.78 is 13.7. The molecule has 2 rings (SSSR count). The minimum atomic E-state index is -0.410. The maximum atomic E-state index is 13.0. The van der Waals surface area contributed by atoms with E-state index in [0.717, 1.165) is 4.34 Å². The molecule has 0 aliphatic rings. The van der Waals surface area contributed by atoms with Crippen LogP contribution < -0.4 is 0 Å². The quantitative estimate of drug-likeness (QED) is 0.790. The summed E-state index contributed by atoms with van der Waals surface area (Å²) in [4.78, 5) is 12.0. The Morgan fingerprint density at radius 1 is 1.50 bits per heavy atom. The van der Waals surface area contributed by atoms with Gasteiger partial charge in [-0.25, -0.2) is 4.39 Å². The van der Waals surface area contributed by atoms with Gasteiger partial charge >= 0.3 is 0 Å². The van der Waals surface area contributed by atoms with Crippen LogP contribution in [0.2, 0.25) is 0 Å². The van der Waals surface area contributed by atoms with Crippen molar-refractivity contribution in [2.45, 2.75) is 16.2 Å². The molecule has 6 heteroatoms. The van der Waals surface area contributed by atoms with E-state index in [1.165, 1.54) is 42.2 Å². The molecule has 1 aromatic carbocycles. The molecule has 0 spiro atoms. The highest BCUT2D eigenvalue weighted by Gasteiger charge is 2.11. The Morgan fingerprint density at radius 3 is 2.94 bits per heavy atom. The van der Waals surface area contributed by atoms with Crippen LogP contribution in [-0.2, 0) is 0 Å². The molecule has 0 aliphatic heterocycles. The zero-order chi connectivity index (χ0) is 11.5. The van der Waals surface area contributed by atoms with Gasteiger partial charge in [0.2, 0.25) is 0 Å². The standard InChI is InChI=1S/C10H7FN2OS2/c1-6(14)8-4-7(11)2-3-9(8)16-10-13-12-5-15-10/h2-5H,1H3. The van der Waals surface area contributed by atoms with Gasteiger partial charge in [0.25, 0.3) is 0 Å². The minimum Gasteiger partial charge on any atom is -0.294 e. The van der Waals surface area contributed by atoms with Crippen molar-refractivity contribution in [3.05, 3.63) is 35.1 Å². The third-order valence-corrected chi connectivity index (χ3v) is 3.71. The average Bonchev–Trinajstić information content (AvgIpc) is 2.73. The minimum absolute atomic E-state index is 0.161. The molecule has 0 radical (unpaired) electrons. The van der Waals surface area contributed by atoms with Crippen LogP contribution in [0.25, 0.3) is 0 Å². The van der Waals surface area contributed by atoms with Crippen LogP contribution in [-0.4, -0.2) is 16.0 Å². The normalized spacial score (nSPS) is 10.4. The second kappa shape index (κ2) is 4.71. The topological polar surface area (TPSA) is 42.9 Å². The fourth-order valence-corrected chi connectivity index (χ4v) is 2.76. The van der Waals surface area contributed by atoms with Crippen molar-refractivity contribution >= 4 is 28.9 Å². The molecular weight excluding hydrogens is 247 g/mol. The largest absolute Gasteiger partial charge is 0.294 e. The summed E-state index contributed by atoms with van der Waals surface area (Å²) in [5.74, 6) is -0.571. The van der Waals surface area contributed by atoms with Gasteiger partial charge in [0.05, 0.1) is 0 Å². The van der Waals surface area contributed by atoms with E-state index in [9.17, 15) is 9.18 Å². The van der Waals surface area contributed by atoms with E-state index >= 15 is 0 Å². The van der Waals surface area contributed by atoms with Crippen LogP contribution in [0.1, 0.15) is 17.3 Å². The molecule has 1 heterocycles. The van der Waals surface area contributed by atoms with Gasteiger partial charge in [-0.1, -0.05) is 23.1 Å². The zero-order valence-corrected chi connectivity index (χ0v) is 9.94. The molecule has 1 aromatic heterocycles. The first-order chi connectivity index (χ1) is 7.66. The number of carbonyl (C=O) groups is 1. The van der Waals surface area contributed by atoms with E-state index in [1.54, 1.807) is 11.6 Å². The summed E-state index contributed by atoms with van der Waals surface area (Å²) in [6, 6.07) is 4.15. The molecule has 16 heavy (non-hydrogen) atoms. The number of benzene rings is 1. The molecule has 0 N–H and O–H groups in total. The van der Waals surface area contributed by atoms with E-state index < -0.39 is 5.82 Å². The molecule has 0 fully saturated rings. The predicted molar refractivity (Wildman–Crippen MR) is 60.4 cm³/mol.